The Morgan fingerprint density at radius 2 is 1.68 bits per heavy atom. The van der Waals surface area contributed by atoms with Crippen LogP contribution in [0.15, 0.2) is 47.6 Å². The Kier molecular flexibility index (Phi) is 6.73. The second-order valence-corrected chi connectivity index (χ2v) is 6.25. The average Bonchev–Trinajstić information content (AvgIpc) is 2.54. The molecule has 2 rings (SSSR count). The van der Waals surface area contributed by atoms with Gasteiger partial charge in [0.1, 0.15) is 6.61 Å². The van der Waals surface area contributed by atoms with Crippen LogP contribution in [0.3, 0.4) is 0 Å². The summed E-state index contributed by atoms with van der Waals surface area (Å²) < 4.78 is 39.8. The molecule has 2 nitrogen and oxygen atoms in total. The molecule has 25 heavy (non-hydrogen) atoms. The fraction of sp³-hybridized carbons (Fsp3) is 0.278. The van der Waals surface area contributed by atoms with Crippen LogP contribution in [0.2, 0.25) is 10.0 Å². The molecule has 0 saturated heterocycles. The molecule has 2 aromatic rings. The first-order valence-electron chi connectivity index (χ1n) is 7.61. The molecule has 0 bridgehead atoms. The van der Waals surface area contributed by atoms with Gasteiger partial charge in [0, 0.05) is 15.6 Å². The number of nitrogens with zero attached hydrogens (tertiary/aromatic N) is 1. The molecule has 0 saturated carbocycles. The van der Waals surface area contributed by atoms with Gasteiger partial charge in [-0.05, 0) is 42.3 Å². The quantitative estimate of drug-likeness (QED) is 0.396. The highest BCUT2D eigenvalue weighted by molar-refractivity contribution is 6.31. The SMILES string of the molecule is CCCC(=NOCc1ccc(Cl)cc1)c1cc(Cl)ccc1C(F)(F)F. The van der Waals surface area contributed by atoms with Gasteiger partial charge in [0.25, 0.3) is 0 Å². The van der Waals surface area contributed by atoms with Crippen molar-refractivity contribution in [1.29, 1.82) is 0 Å². The van der Waals surface area contributed by atoms with Gasteiger partial charge in [-0.1, -0.05) is 53.8 Å². The highest BCUT2D eigenvalue weighted by Crippen LogP contribution is 2.34. The summed E-state index contributed by atoms with van der Waals surface area (Å²) in [7, 11) is 0. The Morgan fingerprint density at radius 1 is 1.04 bits per heavy atom. The molecular formula is C18H16Cl2F3NO. The maximum atomic E-state index is 13.3. The molecule has 0 atom stereocenters. The van der Waals surface area contributed by atoms with Crippen LogP contribution in [0.4, 0.5) is 13.2 Å². The Bertz CT molecular complexity index is 743. The summed E-state index contributed by atoms with van der Waals surface area (Å²) in [5.74, 6) is 0. The first kappa shape index (κ1) is 19.6. The van der Waals surface area contributed by atoms with Gasteiger partial charge in [0.05, 0.1) is 11.3 Å². The summed E-state index contributed by atoms with van der Waals surface area (Å²) in [6.45, 7) is 1.98. The van der Waals surface area contributed by atoms with Crippen molar-refractivity contribution in [3.05, 3.63) is 69.2 Å². The first-order chi connectivity index (χ1) is 11.8. The number of benzene rings is 2. The smallest absolute Gasteiger partial charge is 0.391 e. The predicted molar refractivity (Wildman–Crippen MR) is 94.1 cm³/mol. The molecule has 0 radical (unpaired) electrons. The first-order valence-corrected chi connectivity index (χ1v) is 8.37. The summed E-state index contributed by atoms with van der Waals surface area (Å²) in [5, 5.41) is 4.74. The van der Waals surface area contributed by atoms with Crippen molar-refractivity contribution < 1.29 is 18.0 Å². The van der Waals surface area contributed by atoms with Gasteiger partial charge in [-0.3, -0.25) is 0 Å². The van der Waals surface area contributed by atoms with Crippen molar-refractivity contribution in [3.8, 4) is 0 Å². The van der Waals surface area contributed by atoms with E-state index in [1.165, 1.54) is 12.1 Å². The number of oxime groups is 1. The molecule has 0 aromatic heterocycles. The van der Waals surface area contributed by atoms with E-state index in [9.17, 15) is 13.2 Å². The van der Waals surface area contributed by atoms with Crippen LogP contribution < -0.4 is 0 Å². The standard InChI is InChI=1S/C18H16Cl2F3NO/c1-2-3-17(24-25-11-12-4-6-13(19)7-5-12)15-10-14(20)8-9-16(15)18(21,22)23/h4-10H,2-3,11H2,1H3. The van der Waals surface area contributed by atoms with Crippen LogP contribution in [-0.4, -0.2) is 5.71 Å². The maximum absolute atomic E-state index is 13.3. The summed E-state index contributed by atoms with van der Waals surface area (Å²) in [6.07, 6.45) is -3.54. The second-order valence-electron chi connectivity index (χ2n) is 5.38. The fourth-order valence-corrected chi connectivity index (χ4v) is 2.53. The third kappa shape index (κ3) is 5.65. The molecule has 0 aliphatic rings. The minimum Gasteiger partial charge on any atom is -0.391 e. The van der Waals surface area contributed by atoms with Crippen molar-refractivity contribution >= 4 is 28.9 Å². The summed E-state index contributed by atoms with van der Waals surface area (Å²) in [6, 6.07) is 10.4. The Morgan fingerprint density at radius 3 is 2.28 bits per heavy atom. The van der Waals surface area contributed by atoms with E-state index in [0.717, 1.165) is 11.6 Å². The Balaban J connectivity index is 2.27. The average molecular weight is 390 g/mol. The van der Waals surface area contributed by atoms with Gasteiger partial charge in [-0.25, -0.2) is 0 Å². The largest absolute Gasteiger partial charge is 0.417 e. The predicted octanol–water partition coefficient (Wildman–Crippen LogP) is 6.73. The molecule has 0 heterocycles. The molecule has 134 valence electrons. The van der Waals surface area contributed by atoms with E-state index in [1.54, 1.807) is 24.3 Å². The third-order valence-electron chi connectivity index (χ3n) is 3.40. The third-order valence-corrected chi connectivity index (χ3v) is 3.89. The molecule has 0 aliphatic heterocycles. The fourth-order valence-electron chi connectivity index (χ4n) is 2.23. The Labute approximate surface area is 154 Å². The van der Waals surface area contributed by atoms with Crippen molar-refractivity contribution in [2.45, 2.75) is 32.5 Å². The zero-order valence-corrected chi connectivity index (χ0v) is 14.9. The monoisotopic (exact) mass is 389 g/mol. The topological polar surface area (TPSA) is 21.6 Å². The van der Waals surface area contributed by atoms with E-state index in [0.29, 0.717) is 17.9 Å². The lowest BCUT2D eigenvalue weighted by Gasteiger charge is -2.14. The molecule has 0 unspecified atom stereocenters. The summed E-state index contributed by atoms with van der Waals surface area (Å²) in [5.41, 5.74) is 0.189. The molecule has 0 spiro atoms. The number of halogens is 5. The van der Waals surface area contributed by atoms with E-state index < -0.39 is 11.7 Å². The van der Waals surface area contributed by atoms with E-state index in [1.807, 2.05) is 6.92 Å². The van der Waals surface area contributed by atoms with Gasteiger partial charge in [0.15, 0.2) is 0 Å². The minimum absolute atomic E-state index is 0.0574. The van der Waals surface area contributed by atoms with E-state index in [4.69, 9.17) is 28.0 Å². The van der Waals surface area contributed by atoms with E-state index in [2.05, 4.69) is 5.16 Å². The Hall–Kier alpha value is -1.72. The highest BCUT2D eigenvalue weighted by Gasteiger charge is 2.34. The van der Waals surface area contributed by atoms with Gasteiger partial charge in [-0.2, -0.15) is 13.2 Å². The lowest BCUT2D eigenvalue weighted by molar-refractivity contribution is -0.137. The van der Waals surface area contributed by atoms with Crippen LogP contribution in [0.25, 0.3) is 0 Å². The summed E-state index contributed by atoms with van der Waals surface area (Å²) in [4.78, 5) is 5.27. The van der Waals surface area contributed by atoms with Crippen molar-refractivity contribution in [2.75, 3.05) is 0 Å². The number of alkyl halides is 3. The van der Waals surface area contributed by atoms with Crippen molar-refractivity contribution in [1.82, 2.24) is 0 Å². The van der Waals surface area contributed by atoms with Crippen LogP contribution in [0.1, 0.15) is 36.5 Å². The number of rotatable bonds is 6. The van der Waals surface area contributed by atoms with Crippen molar-refractivity contribution in [2.24, 2.45) is 5.16 Å². The highest BCUT2D eigenvalue weighted by atomic mass is 35.5. The summed E-state index contributed by atoms with van der Waals surface area (Å²) >= 11 is 11.7. The molecule has 7 heteroatoms. The molecular weight excluding hydrogens is 374 g/mol. The lowest BCUT2D eigenvalue weighted by atomic mass is 9.99. The maximum Gasteiger partial charge on any atom is 0.417 e. The molecule has 0 N–H and O–H groups in total. The molecule has 2 aromatic carbocycles. The van der Waals surface area contributed by atoms with Gasteiger partial charge < -0.3 is 4.84 Å². The van der Waals surface area contributed by atoms with Crippen LogP contribution in [0, 0.1) is 0 Å². The van der Waals surface area contributed by atoms with Gasteiger partial charge in [-0.15, -0.1) is 0 Å². The van der Waals surface area contributed by atoms with E-state index in [-0.39, 0.29) is 22.9 Å². The zero-order valence-electron chi connectivity index (χ0n) is 13.4. The minimum atomic E-state index is -4.50. The second kappa shape index (κ2) is 8.59. The van der Waals surface area contributed by atoms with Gasteiger partial charge in [0.2, 0.25) is 0 Å². The van der Waals surface area contributed by atoms with E-state index >= 15 is 0 Å². The van der Waals surface area contributed by atoms with Crippen molar-refractivity contribution in [3.63, 3.8) is 0 Å². The zero-order chi connectivity index (χ0) is 18.4. The van der Waals surface area contributed by atoms with Crippen LogP contribution in [-0.2, 0) is 17.6 Å². The number of hydrogen-bond donors (Lipinski definition) is 0. The molecule has 0 fully saturated rings. The van der Waals surface area contributed by atoms with Gasteiger partial charge >= 0.3 is 6.18 Å². The molecule has 0 amide bonds. The number of hydrogen-bond acceptors (Lipinski definition) is 2. The molecule has 0 aliphatic carbocycles. The van der Waals surface area contributed by atoms with Crippen LogP contribution in [0.5, 0.6) is 0 Å². The normalized spacial score (nSPS) is 12.3. The lowest BCUT2D eigenvalue weighted by Crippen LogP contribution is -2.14. The van der Waals surface area contributed by atoms with Crippen LogP contribution >= 0.6 is 23.2 Å².